The lowest BCUT2D eigenvalue weighted by atomic mass is 9.85. The fourth-order valence-corrected chi connectivity index (χ4v) is 4.64. The number of hydrogen-bond acceptors (Lipinski definition) is 4. The maximum Gasteiger partial charge on any atom is 0.226 e. The number of aryl methyl sites for hydroxylation is 2. The molecule has 0 saturated heterocycles. The average molecular weight is 374 g/mol. The maximum absolute atomic E-state index is 12.5. The molecule has 1 amide bonds. The molecule has 1 aliphatic heterocycles. The molecule has 27 heavy (non-hydrogen) atoms. The van der Waals surface area contributed by atoms with Crippen LogP contribution >= 0.6 is 11.3 Å². The normalized spacial score (nSPS) is 16.4. The molecule has 1 aliphatic rings. The Morgan fingerprint density at radius 2 is 1.89 bits per heavy atom. The number of para-hydroxylation sites is 1. The van der Waals surface area contributed by atoms with E-state index >= 15 is 0 Å². The van der Waals surface area contributed by atoms with Crippen molar-refractivity contribution in [2.24, 2.45) is 0 Å². The van der Waals surface area contributed by atoms with Gasteiger partial charge >= 0.3 is 0 Å². The van der Waals surface area contributed by atoms with E-state index in [4.69, 9.17) is 10.1 Å². The van der Waals surface area contributed by atoms with Gasteiger partial charge in [-0.15, -0.1) is 0 Å². The summed E-state index contributed by atoms with van der Waals surface area (Å²) >= 11 is 1.57. The molecule has 0 spiro atoms. The average Bonchev–Trinajstić information content (AvgIpc) is 3.23. The van der Waals surface area contributed by atoms with Crippen LogP contribution in [0.5, 0.6) is 0 Å². The van der Waals surface area contributed by atoms with Gasteiger partial charge in [-0.1, -0.05) is 53.3 Å². The first-order chi connectivity index (χ1) is 13.1. The van der Waals surface area contributed by atoms with E-state index in [1.54, 1.807) is 16.0 Å². The molecule has 3 heterocycles. The number of aromatic nitrogens is 3. The number of nitrogens with one attached hydrogen (secondary N) is 1. The number of benzene rings is 2. The largest absolute Gasteiger partial charge is 0.310 e. The van der Waals surface area contributed by atoms with Crippen LogP contribution in [0.1, 0.15) is 34.7 Å². The zero-order chi connectivity index (χ0) is 18.5. The van der Waals surface area contributed by atoms with Crippen LogP contribution in [0.2, 0.25) is 0 Å². The number of amides is 1. The van der Waals surface area contributed by atoms with Crippen molar-refractivity contribution >= 4 is 33.3 Å². The number of rotatable bonds is 2. The Morgan fingerprint density at radius 3 is 2.67 bits per heavy atom. The van der Waals surface area contributed by atoms with Crippen LogP contribution in [-0.2, 0) is 4.79 Å². The molecule has 0 radical (unpaired) electrons. The van der Waals surface area contributed by atoms with E-state index in [0.29, 0.717) is 6.42 Å². The maximum atomic E-state index is 12.5. The van der Waals surface area contributed by atoms with Crippen LogP contribution < -0.4 is 5.32 Å². The Kier molecular flexibility index (Phi) is 3.62. The van der Waals surface area contributed by atoms with E-state index in [0.717, 1.165) is 38.0 Å². The molecule has 1 N–H and O–H groups in total. The van der Waals surface area contributed by atoms with Crippen LogP contribution in [0.15, 0.2) is 48.5 Å². The molecule has 1 atom stereocenters. The predicted octanol–water partition coefficient (Wildman–Crippen LogP) is 4.57. The minimum absolute atomic E-state index is 0.00957. The van der Waals surface area contributed by atoms with Crippen LogP contribution in [0.25, 0.3) is 15.3 Å². The third kappa shape index (κ3) is 2.64. The van der Waals surface area contributed by atoms with Crippen molar-refractivity contribution in [1.82, 2.24) is 14.8 Å². The van der Waals surface area contributed by atoms with Gasteiger partial charge in [-0.25, -0.2) is 4.98 Å². The van der Waals surface area contributed by atoms with Gasteiger partial charge in [-0.2, -0.15) is 9.78 Å². The summed E-state index contributed by atoms with van der Waals surface area (Å²) in [7, 11) is 0. The number of carbonyl (C=O) groups excluding carboxylic acids is 1. The molecule has 0 aliphatic carbocycles. The number of nitrogens with zero attached hydrogens (tertiary/aromatic N) is 3. The van der Waals surface area contributed by atoms with E-state index in [1.165, 1.54) is 5.56 Å². The second-order valence-corrected chi connectivity index (χ2v) is 7.95. The molecule has 0 saturated carbocycles. The van der Waals surface area contributed by atoms with Gasteiger partial charge in [-0.05, 0) is 31.5 Å². The van der Waals surface area contributed by atoms with Crippen molar-refractivity contribution < 1.29 is 4.79 Å². The van der Waals surface area contributed by atoms with Crippen LogP contribution in [-0.4, -0.2) is 20.7 Å². The summed E-state index contributed by atoms with van der Waals surface area (Å²) in [5.41, 5.74) is 5.30. The molecule has 0 bridgehead atoms. The molecule has 5 nitrogen and oxygen atoms in total. The topological polar surface area (TPSA) is 59.8 Å². The zero-order valence-corrected chi connectivity index (χ0v) is 15.9. The molecular formula is C21H18N4OS. The lowest BCUT2D eigenvalue weighted by Gasteiger charge is -2.24. The van der Waals surface area contributed by atoms with Crippen molar-refractivity contribution in [1.29, 1.82) is 0 Å². The third-order valence-corrected chi connectivity index (χ3v) is 6.06. The molecule has 5 rings (SSSR count). The highest BCUT2D eigenvalue weighted by Crippen LogP contribution is 2.41. The lowest BCUT2D eigenvalue weighted by molar-refractivity contribution is -0.116. The molecule has 134 valence electrons. The summed E-state index contributed by atoms with van der Waals surface area (Å²) in [6.07, 6.45) is 0.433. The third-order valence-electron chi connectivity index (χ3n) is 5.05. The summed E-state index contributed by atoms with van der Waals surface area (Å²) in [5, 5.41) is 8.54. The van der Waals surface area contributed by atoms with Crippen molar-refractivity contribution in [2.75, 3.05) is 5.32 Å². The zero-order valence-electron chi connectivity index (χ0n) is 15.1. The monoisotopic (exact) mass is 374 g/mol. The molecule has 2 aromatic carbocycles. The van der Waals surface area contributed by atoms with Crippen LogP contribution in [0.3, 0.4) is 0 Å². The Labute approximate surface area is 160 Å². The van der Waals surface area contributed by atoms with E-state index in [9.17, 15) is 4.79 Å². The SMILES string of the molecule is Cc1ccc([C@H]2CC(=O)Nc3c2c(C)nn3-c2nc3ccccc3s2)cc1. The summed E-state index contributed by atoms with van der Waals surface area (Å²) in [4.78, 5) is 17.2. The lowest BCUT2D eigenvalue weighted by Crippen LogP contribution is -2.24. The van der Waals surface area contributed by atoms with Crippen molar-refractivity contribution in [3.8, 4) is 5.13 Å². The molecule has 6 heteroatoms. The number of anilines is 1. The second-order valence-electron chi connectivity index (χ2n) is 6.94. The van der Waals surface area contributed by atoms with Gasteiger partial charge in [-0.3, -0.25) is 4.79 Å². The first-order valence-corrected chi connectivity index (χ1v) is 9.73. The molecule has 0 unspecified atom stereocenters. The standard InChI is InChI=1S/C21H18N4OS/c1-12-7-9-14(10-8-12)15-11-18(26)23-20-19(15)13(2)24-25(20)21-22-16-5-3-4-6-17(16)27-21/h3-10,15H,11H2,1-2H3,(H,23,26)/t15-/m1/s1. The van der Waals surface area contributed by atoms with Gasteiger partial charge in [0.25, 0.3) is 0 Å². The number of carbonyl (C=O) groups is 1. The van der Waals surface area contributed by atoms with Gasteiger partial charge in [0.2, 0.25) is 11.0 Å². The number of fused-ring (bicyclic) bond motifs is 2. The van der Waals surface area contributed by atoms with E-state index in [1.807, 2.05) is 31.2 Å². The van der Waals surface area contributed by atoms with Gasteiger partial charge in [0, 0.05) is 17.9 Å². The summed E-state index contributed by atoms with van der Waals surface area (Å²) in [5.74, 6) is 0.765. The number of hydrogen-bond donors (Lipinski definition) is 1. The second kappa shape index (κ2) is 6.03. The minimum atomic E-state index is 0.00957. The summed E-state index contributed by atoms with van der Waals surface area (Å²) in [6.45, 7) is 4.07. The fraction of sp³-hybridized carbons (Fsp3) is 0.190. The summed E-state index contributed by atoms with van der Waals surface area (Å²) < 4.78 is 2.89. The molecule has 0 fully saturated rings. The van der Waals surface area contributed by atoms with Gasteiger partial charge < -0.3 is 5.32 Å². The Morgan fingerprint density at radius 1 is 1.11 bits per heavy atom. The first-order valence-electron chi connectivity index (χ1n) is 8.92. The van der Waals surface area contributed by atoms with Gasteiger partial charge in [0.1, 0.15) is 5.82 Å². The smallest absolute Gasteiger partial charge is 0.226 e. The highest BCUT2D eigenvalue weighted by Gasteiger charge is 2.33. The predicted molar refractivity (Wildman–Crippen MR) is 108 cm³/mol. The quantitative estimate of drug-likeness (QED) is 0.559. The number of thiazole rings is 1. The summed E-state index contributed by atoms with van der Waals surface area (Å²) in [6, 6.07) is 16.4. The molecule has 4 aromatic rings. The molecular weight excluding hydrogens is 356 g/mol. The van der Waals surface area contributed by atoms with Gasteiger partial charge in [0.05, 0.1) is 15.9 Å². The highest BCUT2D eigenvalue weighted by molar-refractivity contribution is 7.20. The Bertz CT molecular complexity index is 1140. The van der Waals surface area contributed by atoms with Crippen molar-refractivity contribution in [3.05, 3.63) is 70.9 Å². The van der Waals surface area contributed by atoms with E-state index < -0.39 is 0 Å². The van der Waals surface area contributed by atoms with Crippen molar-refractivity contribution in [3.63, 3.8) is 0 Å². The first kappa shape index (κ1) is 16.2. The highest BCUT2D eigenvalue weighted by atomic mass is 32.1. The van der Waals surface area contributed by atoms with E-state index in [-0.39, 0.29) is 11.8 Å². The van der Waals surface area contributed by atoms with Gasteiger partial charge in [0.15, 0.2) is 0 Å². The Hall–Kier alpha value is -2.99. The minimum Gasteiger partial charge on any atom is -0.310 e. The van der Waals surface area contributed by atoms with Crippen molar-refractivity contribution in [2.45, 2.75) is 26.2 Å². The fourth-order valence-electron chi connectivity index (χ4n) is 3.72. The Balaban J connectivity index is 1.67. The van der Waals surface area contributed by atoms with Crippen LogP contribution in [0.4, 0.5) is 5.82 Å². The molecule has 2 aromatic heterocycles. The van der Waals surface area contributed by atoms with Crippen LogP contribution in [0, 0.1) is 13.8 Å². The van der Waals surface area contributed by atoms with E-state index in [2.05, 4.69) is 36.5 Å².